The Labute approximate surface area is 163 Å². The third-order valence-electron chi connectivity index (χ3n) is 4.12. The molecule has 3 heterocycles. The van der Waals surface area contributed by atoms with Crippen LogP contribution in [0.2, 0.25) is 0 Å². The van der Waals surface area contributed by atoms with E-state index in [1.165, 1.54) is 0 Å². The van der Waals surface area contributed by atoms with Crippen LogP contribution < -0.4 is 5.32 Å². The number of fused-ring (bicyclic) bond motifs is 1. The Morgan fingerprint density at radius 2 is 1.75 bits per heavy atom. The molecule has 8 heteroatoms. The lowest BCUT2D eigenvalue weighted by Gasteiger charge is -2.09. The van der Waals surface area contributed by atoms with Gasteiger partial charge in [0.05, 0.1) is 5.39 Å². The van der Waals surface area contributed by atoms with Gasteiger partial charge in [-0.05, 0) is 30.2 Å². The average molecular weight is 400 g/mol. The van der Waals surface area contributed by atoms with Crippen LogP contribution in [0.25, 0.3) is 21.7 Å². The van der Waals surface area contributed by atoms with Crippen molar-refractivity contribution in [3.63, 3.8) is 0 Å². The maximum Gasteiger partial charge on any atom is 0.425 e. The molecule has 4 aromatic rings. The van der Waals surface area contributed by atoms with Gasteiger partial charge in [0.25, 0.3) is 0 Å². The lowest BCUT2D eigenvalue weighted by molar-refractivity contribution is -0.134. The standard InChI is InChI=1S/C20H15F3N4S/c21-20(22,23)16-12-14-17(25-11-9-13-6-2-1-3-7-13)26-18(27-19(14)28-16)15-8-4-5-10-24-15/h1-8,10,12H,9,11H2,(H,25,26,27). The number of nitrogens with one attached hydrogen (secondary N) is 1. The fourth-order valence-corrected chi connectivity index (χ4v) is 3.67. The molecular weight excluding hydrogens is 385 g/mol. The van der Waals surface area contributed by atoms with Crippen LogP contribution in [0, 0.1) is 0 Å². The predicted octanol–water partition coefficient (Wildman–Crippen LogP) is 5.43. The number of hydrogen-bond acceptors (Lipinski definition) is 5. The van der Waals surface area contributed by atoms with Crippen molar-refractivity contribution >= 4 is 27.4 Å². The van der Waals surface area contributed by atoms with E-state index in [1.807, 2.05) is 30.3 Å². The van der Waals surface area contributed by atoms with Crippen molar-refractivity contribution in [2.24, 2.45) is 0 Å². The largest absolute Gasteiger partial charge is 0.425 e. The van der Waals surface area contributed by atoms with E-state index in [9.17, 15) is 13.2 Å². The molecule has 0 amide bonds. The molecule has 0 atom stereocenters. The molecule has 0 saturated carbocycles. The molecular formula is C20H15F3N4S. The van der Waals surface area contributed by atoms with Crippen LogP contribution in [0.5, 0.6) is 0 Å². The summed E-state index contributed by atoms with van der Waals surface area (Å²) in [7, 11) is 0. The summed E-state index contributed by atoms with van der Waals surface area (Å²) in [5.74, 6) is 0.680. The quantitative estimate of drug-likeness (QED) is 0.486. The zero-order valence-corrected chi connectivity index (χ0v) is 15.4. The summed E-state index contributed by atoms with van der Waals surface area (Å²) in [5, 5.41) is 3.54. The van der Waals surface area contributed by atoms with Gasteiger partial charge < -0.3 is 5.32 Å². The number of anilines is 1. The molecule has 28 heavy (non-hydrogen) atoms. The van der Waals surface area contributed by atoms with Crippen molar-refractivity contribution in [2.45, 2.75) is 12.6 Å². The van der Waals surface area contributed by atoms with Gasteiger partial charge in [-0.25, -0.2) is 9.97 Å². The molecule has 3 aromatic heterocycles. The molecule has 0 saturated heterocycles. The van der Waals surface area contributed by atoms with Gasteiger partial charge >= 0.3 is 6.18 Å². The van der Waals surface area contributed by atoms with E-state index in [0.717, 1.165) is 18.1 Å². The summed E-state index contributed by atoms with van der Waals surface area (Å²) in [5.41, 5.74) is 1.64. The summed E-state index contributed by atoms with van der Waals surface area (Å²) in [4.78, 5) is 12.6. The molecule has 1 N–H and O–H groups in total. The Bertz CT molecular complexity index is 1080. The number of nitrogens with zero attached hydrogens (tertiary/aromatic N) is 3. The van der Waals surface area contributed by atoms with Crippen LogP contribution in [0.1, 0.15) is 10.4 Å². The van der Waals surface area contributed by atoms with Gasteiger partial charge in [-0.1, -0.05) is 36.4 Å². The smallest absolute Gasteiger partial charge is 0.369 e. The van der Waals surface area contributed by atoms with E-state index < -0.39 is 11.1 Å². The van der Waals surface area contributed by atoms with Gasteiger partial charge in [0.1, 0.15) is 21.2 Å². The topological polar surface area (TPSA) is 50.7 Å². The highest BCUT2D eigenvalue weighted by molar-refractivity contribution is 7.18. The normalized spacial score (nSPS) is 11.7. The van der Waals surface area contributed by atoms with E-state index in [1.54, 1.807) is 24.4 Å². The molecule has 0 radical (unpaired) electrons. The highest BCUT2D eigenvalue weighted by Crippen LogP contribution is 2.39. The van der Waals surface area contributed by atoms with Gasteiger partial charge in [-0.2, -0.15) is 13.2 Å². The maximum atomic E-state index is 13.2. The summed E-state index contributed by atoms with van der Waals surface area (Å²) < 4.78 is 39.6. The van der Waals surface area contributed by atoms with E-state index in [4.69, 9.17) is 0 Å². The minimum atomic E-state index is -4.42. The molecule has 142 valence electrons. The summed E-state index contributed by atoms with van der Waals surface area (Å²) in [6, 6.07) is 16.2. The number of alkyl halides is 3. The van der Waals surface area contributed by atoms with E-state index in [0.29, 0.717) is 40.6 Å². The zero-order chi connectivity index (χ0) is 19.6. The molecule has 4 nitrogen and oxygen atoms in total. The van der Waals surface area contributed by atoms with E-state index in [2.05, 4.69) is 20.3 Å². The second-order valence-electron chi connectivity index (χ2n) is 6.10. The third kappa shape index (κ3) is 3.96. The Balaban J connectivity index is 1.70. The van der Waals surface area contributed by atoms with E-state index in [-0.39, 0.29) is 4.83 Å². The van der Waals surface area contributed by atoms with Crippen LogP contribution >= 0.6 is 11.3 Å². The number of benzene rings is 1. The monoisotopic (exact) mass is 400 g/mol. The molecule has 0 aliphatic heterocycles. The van der Waals surface area contributed by atoms with Crippen molar-refractivity contribution in [2.75, 3.05) is 11.9 Å². The van der Waals surface area contributed by atoms with Crippen LogP contribution in [0.4, 0.5) is 19.0 Å². The molecule has 0 bridgehead atoms. The number of aromatic nitrogens is 3. The highest BCUT2D eigenvalue weighted by Gasteiger charge is 2.33. The lowest BCUT2D eigenvalue weighted by atomic mass is 10.1. The minimum Gasteiger partial charge on any atom is -0.369 e. The number of rotatable bonds is 5. The molecule has 4 rings (SSSR count). The van der Waals surface area contributed by atoms with Gasteiger partial charge in [-0.3, -0.25) is 4.98 Å². The number of pyridine rings is 1. The predicted molar refractivity (Wildman–Crippen MR) is 104 cm³/mol. The Morgan fingerprint density at radius 3 is 2.46 bits per heavy atom. The summed E-state index contributed by atoms with van der Waals surface area (Å²) >= 11 is 0.613. The third-order valence-corrected chi connectivity index (χ3v) is 5.19. The second kappa shape index (κ2) is 7.55. The van der Waals surface area contributed by atoms with Crippen molar-refractivity contribution < 1.29 is 13.2 Å². The van der Waals surface area contributed by atoms with Crippen molar-refractivity contribution in [3.8, 4) is 11.5 Å². The first-order valence-corrected chi connectivity index (χ1v) is 9.40. The fourth-order valence-electron chi connectivity index (χ4n) is 2.78. The van der Waals surface area contributed by atoms with Gasteiger partial charge in [-0.15, -0.1) is 11.3 Å². The van der Waals surface area contributed by atoms with Gasteiger partial charge in [0, 0.05) is 12.7 Å². The SMILES string of the molecule is FC(F)(F)c1cc2c(NCCc3ccccc3)nc(-c3ccccn3)nc2s1. The molecule has 0 fully saturated rings. The first-order chi connectivity index (χ1) is 13.5. The Morgan fingerprint density at radius 1 is 0.964 bits per heavy atom. The molecule has 0 aliphatic rings. The minimum absolute atomic E-state index is 0.283. The van der Waals surface area contributed by atoms with Crippen LogP contribution in [-0.2, 0) is 12.6 Å². The Kier molecular flexibility index (Phi) is 4.95. The molecule has 0 spiro atoms. The summed E-state index contributed by atoms with van der Waals surface area (Å²) in [6.45, 7) is 0.537. The first-order valence-electron chi connectivity index (χ1n) is 8.59. The first kappa shape index (κ1) is 18.4. The van der Waals surface area contributed by atoms with Crippen LogP contribution in [0.3, 0.4) is 0 Å². The van der Waals surface area contributed by atoms with Crippen molar-refractivity contribution in [1.29, 1.82) is 0 Å². The lowest BCUT2D eigenvalue weighted by Crippen LogP contribution is -2.08. The van der Waals surface area contributed by atoms with Gasteiger partial charge in [0.15, 0.2) is 5.82 Å². The van der Waals surface area contributed by atoms with Gasteiger partial charge in [0.2, 0.25) is 0 Å². The molecule has 1 aromatic carbocycles. The second-order valence-corrected chi connectivity index (χ2v) is 7.13. The highest BCUT2D eigenvalue weighted by atomic mass is 32.1. The Hall–Kier alpha value is -3.00. The maximum absolute atomic E-state index is 13.2. The van der Waals surface area contributed by atoms with Crippen LogP contribution in [-0.4, -0.2) is 21.5 Å². The van der Waals surface area contributed by atoms with Crippen molar-refractivity contribution in [3.05, 3.63) is 71.2 Å². The number of thiophene rings is 1. The van der Waals surface area contributed by atoms with E-state index >= 15 is 0 Å². The van der Waals surface area contributed by atoms with Crippen molar-refractivity contribution in [1.82, 2.24) is 15.0 Å². The molecule has 0 unspecified atom stereocenters. The zero-order valence-electron chi connectivity index (χ0n) is 14.6. The van der Waals surface area contributed by atoms with Crippen LogP contribution in [0.15, 0.2) is 60.8 Å². The number of halogens is 3. The molecule has 0 aliphatic carbocycles. The number of hydrogen-bond donors (Lipinski definition) is 1. The average Bonchev–Trinajstić information content (AvgIpc) is 3.14. The summed E-state index contributed by atoms with van der Waals surface area (Å²) in [6.07, 6.45) is -2.10. The fraction of sp³-hybridized carbons (Fsp3) is 0.150.